The molecule has 140 valence electrons. The van der Waals surface area contributed by atoms with E-state index in [0.717, 1.165) is 51.4 Å². The summed E-state index contributed by atoms with van der Waals surface area (Å²) in [6.07, 6.45) is 2.33. The number of anilines is 2. The van der Waals surface area contributed by atoms with E-state index in [1.807, 2.05) is 19.1 Å². The molecule has 0 aromatic heterocycles. The molecule has 1 heterocycles. The van der Waals surface area contributed by atoms with E-state index in [1.165, 1.54) is 16.9 Å². The van der Waals surface area contributed by atoms with E-state index in [2.05, 4.69) is 53.5 Å². The first-order chi connectivity index (χ1) is 12.8. The summed E-state index contributed by atoms with van der Waals surface area (Å²) in [4.78, 5) is 2.42. The van der Waals surface area contributed by atoms with Gasteiger partial charge in [-0.15, -0.1) is 0 Å². The molecule has 0 spiro atoms. The molecule has 0 bridgehead atoms. The zero-order valence-corrected chi connectivity index (χ0v) is 15.9. The number of para-hydroxylation sites is 2. The van der Waals surface area contributed by atoms with E-state index in [0.29, 0.717) is 0 Å². The smallest absolute Gasteiger partial charge is 0.142 e. The molecule has 0 amide bonds. The predicted octanol–water partition coefficient (Wildman–Crippen LogP) is 4.36. The highest BCUT2D eigenvalue weighted by Gasteiger charge is 2.16. The van der Waals surface area contributed by atoms with Gasteiger partial charge in [-0.2, -0.15) is 0 Å². The van der Waals surface area contributed by atoms with Gasteiger partial charge in [0.15, 0.2) is 0 Å². The summed E-state index contributed by atoms with van der Waals surface area (Å²) in [5.41, 5.74) is 3.72. The van der Waals surface area contributed by atoms with Crippen LogP contribution in [0.3, 0.4) is 0 Å². The Morgan fingerprint density at radius 1 is 1.15 bits per heavy atom. The van der Waals surface area contributed by atoms with Crippen LogP contribution >= 0.6 is 0 Å². The van der Waals surface area contributed by atoms with Crippen LogP contribution in [0.5, 0.6) is 5.75 Å². The van der Waals surface area contributed by atoms with Crippen molar-refractivity contribution in [2.75, 3.05) is 43.1 Å². The van der Waals surface area contributed by atoms with E-state index in [9.17, 15) is 0 Å². The Morgan fingerprint density at radius 2 is 1.96 bits per heavy atom. The van der Waals surface area contributed by atoms with E-state index in [-0.39, 0.29) is 6.10 Å². The summed E-state index contributed by atoms with van der Waals surface area (Å²) in [6.45, 7) is 8.67. The van der Waals surface area contributed by atoms with Crippen LogP contribution < -0.4 is 15.0 Å². The zero-order chi connectivity index (χ0) is 18.2. The molecule has 4 nitrogen and oxygen atoms in total. The van der Waals surface area contributed by atoms with Gasteiger partial charge in [-0.3, -0.25) is 0 Å². The minimum atomic E-state index is 0.273. The average molecular weight is 354 g/mol. The molecule has 2 aromatic carbocycles. The van der Waals surface area contributed by atoms with Crippen LogP contribution in [0.4, 0.5) is 11.4 Å². The fourth-order valence-corrected chi connectivity index (χ4v) is 3.40. The molecule has 26 heavy (non-hydrogen) atoms. The molecule has 0 saturated carbocycles. The maximum Gasteiger partial charge on any atom is 0.142 e. The molecule has 0 radical (unpaired) electrons. The number of fused-ring (bicyclic) bond motifs is 1. The maximum absolute atomic E-state index is 5.72. The maximum atomic E-state index is 5.72. The first-order valence-corrected chi connectivity index (χ1v) is 9.67. The van der Waals surface area contributed by atoms with Gasteiger partial charge in [-0.1, -0.05) is 24.3 Å². The first kappa shape index (κ1) is 18.6. The van der Waals surface area contributed by atoms with Gasteiger partial charge in [0, 0.05) is 25.4 Å². The summed E-state index contributed by atoms with van der Waals surface area (Å²) in [5.74, 6) is 1.00. The van der Waals surface area contributed by atoms with Gasteiger partial charge in [-0.05, 0) is 56.5 Å². The van der Waals surface area contributed by atoms with Crippen LogP contribution in [0.2, 0.25) is 0 Å². The minimum absolute atomic E-state index is 0.273. The molecule has 0 aliphatic carbocycles. The van der Waals surface area contributed by atoms with E-state index in [4.69, 9.17) is 9.47 Å². The normalized spacial score (nSPS) is 14.5. The summed E-state index contributed by atoms with van der Waals surface area (Å²) in [5, 5.41) is 3.52. The van der Waals surface area contributed by atoms with Gasteiger partial charge < -0.3 is 19.7 Å². The van der Waals surface area contributed by atoms with Gasteiger partial charge in [-0.25, -0.2) is 0 Å². The van der Waals surface area contributed by atoms with Crippen molar-refractivity contribution >= 4 is 11.4 Å². The van der Waals surface area contributed by atoms with Gasteiger partial charge in [0.2, 0.25) is 0 Å². The van der Waals surface area contributed by atoms with Gasteiger partial charge >= 0.3 is 0 Å². The molecule has 1 atom stereocenters. The van der Waals surface area contributed by atoms with E-state index < -0.39 is 0 Å². The van der Waals surface area contributed by atoms with Crippen LogP contribution in [0, 0.1) is 0 Å². The highest BCUT2D eigenvalue weighted by atomic mass is 16.5. The lowest BCUT2D eigenvalue weighted by molar-refractivity contribution is 0.0768. The SMILES string of the molecule is CCOC(C)Cc1ccc(NCCCN2CCOc3ccccc32)cc1. The van der Waals surface area contributed by atoms with Crippen LogP contribution in [-0.4, -0.2) is 39.0 Å². The Morgan fingerprint density at radius 3 is 2.77 bits per heavy atom. The molecule has 1 aliphatic rings. The third kappa shape index (κ3) is 5.15. The number of hydrogen-bond donors (Lipinski definition) is 1. The summed E-state index contributed by atoms with van der Waals surface area (Å²) in [7, 11) is 0. The number of ether oxygens (including phenoxy) is 2. The zero-order valence-electron chi connectivity index (χ0n) is 15.9. The van der Waals surface area contributed by atoms with E-state index in [1.54, 1.807) is 0 Å². The van der Waals surface area contributed by atoms with Crippen molar-refractivity contribution < 1.29 is 9.47 Å². The second-order valence-electron chi connectivity index (χ2n) is 6.75. The predicted molar refractivity (Wildman–Crippen MR) is 108 cm³/mol. The molecule has 1 N–H and O–H groups in total. The minimum Gasteiger partial charge on any atom is -0.490 e. The molecular formula is C22H30N2O2. The summed E-state index contributed by atoms with van der Waals surface area (Å²) >= 11 is 0. The molecule has 0 saturated heterocycles. The van der Waals surface area contributed by atoms with Gasteiger partial charge in [0.25, 0.3) is 0 Å². The lowest BCUT2D eigenvalue weighted by Gasteiger charge is -2.31. The third-order valence-electron chi connectivity index (χ3n) is 4.69. The summed E-state index contributed by atoms with van der Waals surface area (Å²) < 4.78 is 11.3. The Labute approximate surface area is 157 Å². The monoisotopic (exact) mass is 354 g/mol. The standard InChI is InChI=1S/C22H30N2O2/c1-3-25-18(2)17-19-9-11-20(12-10-19)23-13-6-14-24-15-16-26-22-8-5-4-7-21(22)24/h4-5,7-12,18,23H,3,6,13-17H2,1-2H3. The number of hydrogen-bond acceptors (Lipinski definition) is 4. The highest BCUT2D eigenvalue weighted by molar-refractivity contribution is 5.59. The van der Waals surface area contributed by atoms with Crippen molar-refractivity contribution in [3.05, 3.63) is 54.1 Å². The van der Waals surface area contributed by atoms with Crippen LogP contribution in [0.1, 0.15) is 25.8 Å². The van der Waals surface area contributed by atoms with Crippen LogP contribution in [0.15, 0.2) is 48.5 Å². The molecule has 1 unspecified atom stereocenters. The Kier molecular flexibility index (Phi) is 6.78. The largest absolute Gasteiger partial charge is 0.490 e. The van der Waals surface area contributed by atoms with Crippen LogP contribution in [0.25, 0.3) is 0 Å². The lowest BCUT2D eigenvalue weighted by atomic mass is 10.1. The van der Waals surface area contributed by atoms with Crippen molar-refractivity contribution in [1.29, 1.82) is 0 Å². The van der Waals surface area contributed by atoms with Gasteiger partial charge in [0.05, 0.1) is 18.3 Å². The van der Waals surface area contributed by atoms with Crippen molar-refractivity contribution in [3.63, 3.8) is 0 Å². The molecule has 4 heteroatoms. The van der Waals surface area contributed by atoms with Crippen molar-refractivity contribution in [3.8, 4) is 5.75 Å². The fourth-order valence-electron chi connectivity index (χ4n) is 3.40. The molecule has 0 fully saturated rings. The second kappa shape index (κ2) is 9.48. The number of rotatable bonds is 9. The number of nitrogens with one attached hydrogen (secondary N) is 1. The Balaban J connectivity index is 1.42. The number of benzene rings is 2. The van der Waals surface area contributed by atoms with Crippen LogP contribution in [-0.2, 0) is 11.2 Å². The topological polar surface area (TPSA) is 33.7 Å². The van der Waals surface area contributed by atoms with Crippen molar-refractivity contribution in [1.82, 2.24) is 0 Å². The van der Waals surface area contributed by atoms with E-state index >= 15 is 0 Å². The summed E-state index contributed by atoms with van der Waals surface area (Å²) in [6, 6.07) is 17.0. The third-order valence-corrected chi connectivity index (χ3v) is 4.69. The molecule has 1 aliphatic heterocycles. The molecule has 3 rings (SSSR count). The second-order valence-corrected chi connectivity index (χ2v) is 6.75. The highest BCUT2D eigenvalue weighted by Crippen LogP contribution is 2.30. The molecular weight excluding hydrogens is 324 g/mol. The van der Waals surface area contributed by atoms with Gasteiger partial charge in [0.1, 0.15) is 12.4 Å². The van der Waals surface area contributed by atoms with Crippen molar-refractivity contribution in [2.24, 2.45) is 0 Å². The lowest BCUT2D eigenvalue weighted by Crippen LogP contribution is -2.34. The quantitative estimate of drug-likeness (QED) is 0.679. The number of nitrogens with zero attached hydrogens (tertiary/aromatic N) is 1. The Bertz CT molecular complexity index is 672. The fraction of sp³-hybridized carbons (Fsp3) is 0.455. The molecule has 2 aromatic rings. The average Bonchev–Trinajstić information content (AvgIpc) is 2.67. The Hall–Kier alpha value is -2.20. The first-order valence-electron chi connectivity index (χ1n) is 9.67. The van der Waals surface area contributed by atoms with Crippen molar-refractivity contribution in [2.45, 2.75) is 32.8 Å².